The summed E-state index contributed by atoms with van der Waals surface area (Å²) in [5.74, 6) is 0.700. The molecular weight excluding hydrogens is 256 g/mol. The fraction of sp³-hybridized carbons (Fsp3) is 0.857. The van der Waals surface area contributed by atoms with Crippen molar-refractivity contribution >= 4 is 6.01 Å². The summed E-state index contributed by atoms with van der Waals surface area (Å²) in [7, 11) is 0. The van der Waals surface area contributed by atoms with E-state index in [1.54, 1.807) is 0 Å². The molecular formula is C14H22N4O2. The average molecular weight is 278 g/mol. The van der Waals surface area contributed by atoms with Crippen LogP contribution in [-0.2, 0) is 11.3 Å². The van der Waals surface area contributed by atoms with E-state index in [0.717, 1.165) is 19.6 Å². The lowest BCUT2D eigenvalue weighted by molar-refractivity contribution is -0.0106. The van der Waals surface area contributed by atoms with Crippen LogP contribution in [0.4, 0.5) is 6.01 Å². The number of fused-ring (bicyclic) bond motifs is 1. The van der Waals surface area contributed by atoms with Crippen molar-refractivity contribution < 1.29 is 9.15 Å². The molecule has 1 aromatic rings. The molecule has 110 valence electrons. The van der Waals surface area contributed by atoms with E-state index in [4.69, 9.17) is 9.15 Å². The lowest BCUT2D eigenvalue weighted by atomic mass is 9.90. The Morgan fingerprint density at radius 1 is 1.15 bits per heavy atom. The van der Waals surface area contributed by atoms with Gasteiger partial charge < -0.3 is 19.4 Å². The predicted octanol–water partition coefficient (Wildman–Crippen LogP) is 1.47. The Kier molecular flexibility index (Phi) is 3.36. The van der Waals surface area contributed by atoms with Gasteiger partial charge in [0, 0.05) is 12.6 Å². The van der Waals surface area contributed by atoms with Gasteiger partial charge in [-0.2, -0.15) is 0 Å². The van der Waals surface area contributed by atoms with Crippen LogP contribution in [0.1, 0.15) is 44.4 Å². The summed E-state index contributed by atoms with van der Waals surface area (Å²) in [6.45, 7) is 2.31. The van der Waals surface area contributed by atoms with Gasteiger partial charge >= 0.3 is 6.01 Å². The highest BCUT2D eigenvalue weighted by Gasteiger charge is 2.36. The zero-order valence-electron chi connectivity index (χ0n) is 11.8. The van der Waals surface area contributed by atoms with Crippen LogP contribution in [0.25, 0.3) is 0 Å². The number of hydrogen-bond donors (Lipinski definition) is 1. The van der Waals surface area contributed by atoms with Crippen molar-refractivity contribution in [3.63, 3.8) is 0 Å². The molecule has 6 heteroatoms. The van der Waals surface area contributed by atoms with Gasteiger partial charge in [-0.15, -0.1) is 5.10 Å². The molecule has 2 saturated carbocycles. The number of rotatable bonds is 4. The Morgan fingerprint density at radius 3 is 2.95 bits per heavy atom. The van der Waals surface area contributed by atoms with Gasteiger partial charge in [-0.1, -0.05) is 17.9 Å². The standard InChI is InChI=1S/C14H22N4O2/c1-2-4-12-11(3-1)18(7-8-19-12)14-17-16-13(20-14)9-15-10-5-6-10/h10-12,15H,1-9H2. The van der Waals surface area contributed by atoms with Crippen LogP contribution in [0, 0.1) is 0 Å². The molecule has 6 nitrogen and oxygen atoms in total. The van der Waals surface area contributed by atoms with Crippen molar-refractivity contribution in [2.45, 2.75) is 63.3 Å². The van der Waals surface area contributed by atoms with Crippen molar-refractivity contribution in [3.05, 3.63) is 5.89 Å². The maximum atomic E-state index is 5.88. The number of morpholine rings is 1. The van der Waals surface area contributed by atoms with Crippen LogP contribution in [0.3, 0.4) is 0 Å². The number of ether oxygens (including phenoxy) is 1. The molecule has 2 heterocycles. The minimum atomic E-state index is 0.345. The fourth-order valence-electron chi connectivity index (χ4n) is 3.29. The van der Waals surface area contributed by atoms with E-state index in [1.165, 1.54) is 32.1 Å². The monoisotopic (exact) mass is 278 g/mol. The van der Waals surface area contributed by atoms with Gasteiger partial charge in [0.25, 0.3) is 0 Å². The maximum Gasteiger partial charge on any atom is 0.318 e. The molecule has 0 aromatic carbocycles. The molecule has 0 amide bonds. The molecule has 3 aliphatic rings. The molecule has 2 unspecified atom stereocenters. The number of aromatic nitrogens is 2. The van der Waals surface area contributed by atoms with Gasteiger partial charge in [-0.25, -0.2) is 0 Å². The molecule has 2 atom stereocenters. The highest BCUT2D eigenvalue weighted by molar-refractivity contribution is 5.29. The number of nitrogens with one attached hydrogen (secondary N) is 1. The Hall–Kier alpha value is -1.14. The molecule has 1 aromatic heterocycles. The lowest BCUT2D eigenvalue weighted by Crippen LogP contribution is -2.53. The first kappa shape index (κ1) is 12.6. The molecule has 4 rings (SSSR count). The van der Waals surface area contributed by atoms with Crippen molar-refractivity contribution in [2.24, 2.45) is 0 Å². The SMILES string of the molecule is C1CCC2C(C1)OCCN2c1nnc(CNC2CC2)o1. The minimum absolute atomic E-state index is 0.345. The first-order valence-electron chi connectivity index (χ1n) is 7.84. The fourth-order valence-corrected chi connectivity index (χ4v) is 3.29. The molecule has 2 aliphatic carbocycles. The lowest BCUT2D eigenvalue weighted by Gasteiger charge is -2.42. The molecule has 20 heavy (non-hydrogen) atoms. The highest BCUT2D eigenvalue weighted by atomic mass is 16.5. The summed E-state index contributed by atoms with van der Waals surface area (Å²) in [5, 5.41) is 11.8. The third-order valence-electron chi connectivity index (χ3n) is 4.55. The van der Waals surface area contributed by atoms with E-state index in [1.807, 2.05) is 0 Å². The van der Waals surface area contributed by atoms with Crippen LogP contribution in [0.5, 0.6) is 0 Å². The second kappa shape index (κ2) is 5.33. The quantitative estimate of drug-likeness (QED) is 0.900. The first-order valence-corrected chi connectivity index (χ1v) is 7.84. The van der Waals surface area contributed by atoms with Gasteiger partial charge in [0.1, 0.15) is 0 Å². The molecule has 3 fully saturated rings. The normalized spacial score (nSPS) is 30.3. The van der Waals surface area contributed by atoms with Gasteiger partial charge in [0.05, 0.1) is 25.3 Å². The molecule has 0 bridgehead atoms. The maximum absolute atomic E-state index is 5.88. The first-order chi connectivity index (χ1) is 9.90. The molecule has 0 spiro atoms. The summed E-state index contributed by atoms with van der Waals surface area (Å²) in [6.07, 6.45) is 7.76. The third-order valence-corrected chi connectivity index (χ3v) is 4.55. The van der Waals surface area contributed by atoms with Crippen LogP contribution in [0.2, 0.25) is 0 Å². The second-order valence-electron chi connectivity index (χ2n) is 6.09. The highest BCUT2D eigenvalue weighted by Crippen LogP contribution is 2.31. The van der Waals surface area contributed by atoms with Crippen molar-refractivity contribution in [2.75, 3.05) is 18.1 Å². The molecule has 0 radical (unpaired) electrons. The third kappa shape index (κ3) is 2.54. The largest absolute Gasteiger partial charge is 0.407 e. The summed E-state index contributed by atoms with van der Waals surface area (Å²) >= 11 is 0. The number of hydrogen-bond acceptors (Lipinski definition) is 6. The average Bonchev–Trinajstić information content (AvgIpc) is 3.21. The van der Waals surface area contributed by atoms with Crippen LogP contribution < -0.4 is 10.2 Å². The van der Waals surface area contributed by atoms with Gasteiger partial charge in [-0.05, 0) is 25.7 Å². The van der Waals surface area contributed by atoms with Crippen LogP contribution >= 0.6 is 0 Å². The zero-order chi connectivity index (χ0) is 13.4. The van der Waals surface area contributed by atoms with E-state index in [0.29, 0.717) is 36.6 Å². The summed E-state index contributed by atoms with van der Waals surface area (Å²) < 4.78 is 11.7. The van der Waals surface area contributed by atoms with Gasteiger partial charge in [-0.3, -0.25) is 0 Å². The smallest absolute Gasteiger partial charge is 0.318 e. The topological polar surface area (TPSA) is 63.4 Å². The van der Waals surface area contributed by atoms with E-state index >= 15 is 0 Å². The van der Waals surface area contributed by atoms with Gasteiger partial charge in [0.15, 0.2) is 0 Å². The molecule has 1 aliphatic heterocycles. The second-order valence-corrected chi connectivity index (χ2v) is 6.09. The summed E-state index contributed by atoms with van der Waals surface area (Å²) in [6, 6.07) is 1.76. The van der Waals surface area contributed by atoms with Crippen LogP contribution in [-0.4, -0.2) is 41.5 Å². The van der Waals surface area contributed by atoms with Crippen molar-refractivity contribution in [1.82, 2.24) is 15.5 Å². The van der Waals surface area contributed by atoms with E-state index < -0.39 is 0 Å². The Balaban J connectivity index is 1.44. The molecule has 1 saturated heterocycles. The Morgan fingerprint density at radius 2 is 2.05 bits per heavy atom. The number of anilines is 1. The van der Waals surface area contributed by atoms with Crippen LogP contribution in [0.15, 0.2) is 4.42 Å². The van der Waals surface area contributed by atoms with Gasteiger partial charge in [0.2, 0.25) is 5.89 Å². The summed E-state index contributed by atoms with van der Waals surface area (Å²) in [4.78, 5) is 2.26. The molecule has 1 N–H and O–H groups in total. The summed E-state index contributed by atoms with van der Waals surface area (Å²) in [5.41, 5.74) is 0. The van der Waals surface area contributed by atoms with E-state index in [-0.39, 0.29) is 0 Å². The number of nitrogens with zero attached hydrogens (tertiary/aromatic N) is 3. The van der Waals surface area contributed by atoms with E-state index in [9.17, 15) is 0 Å². The predicted molar refractivity (Wildman–Crippen MR) is 73.5 cm³/mol. The van der Waals surface area contributed by atoms with E-state index in [2.05, 4.69) is 20.4 Å². The van der Waals surface area contributed by atoms with Crippen molar-refractivity contribution in [1.29, 1.82) is 0 Å². The van der Waals surface area contributed by atoms with Crippen molar-refractivity contribution in [3.8, 4) is 0 Å². The zero-order valence-corrected chi connectivity index (χ0v) is 11.8. The Labute approximate surface area is 118 Å². The Bertz CT molecular complexity index is 458. The minimum Gasteiger partial charge on any atom is -0.407 e.